The Morgan fingerprint density at radius 3 is 2.69 bits per heavy atom. The molecule has 0 aliphatic carbocycles. The molecule has 0 radical (unpaired) electrons. The fraction of sp³-hybridized carbons (Fsp3) is 0.588. The van der Waals surface area contributed by atoms with E-state index in [2.05, 4.69) is 10.3 Å². The molecule has 0 saturated carbocycles. The number of hydrogen-bond donors (Lipinski definition) is 1. The van der Waals surface area contributed by atoms with Gasteiger partial charge in [-0.3, -0.25) is 9.79 Å². The van der Waals surface area contributed by atoms with Crippen molar-refractivity contribution in [1.82, 2.24) is 5.32 Å². The van der Waals surface area contributed by atoms with Gasteiger partial charge in [0.05, 0.1) is 19.7 Å². The molecular weight excluding hydrogens is 360 g/mol. The van der Waals surface area contributed by atoms with Crippen LogP contribution in [0.25, 0.3) is 0 Å². The molecule has 1 aromatic rings. The molecule has 0 fully saturated rings. The van der Waals surface area contributed by atoms with Crippen molar-refractivity contribution < 1.29 is 23.4 Å². The van der Waals surface area contributed by atoms with Gasteiger partial charge < -0.3 is 23.9 Å². The van der Waals surface area contributed by atoms with E-state index < -0.39 is 17.5 Å². The van der Waals surface area contributed by atoms with E-state index in [0.29, 0.717) is 35.5 Å². The lowest BCUT2D eigenvalue weighted by molar-refractivity contribution is -0.168. The fourth-order valence-corrected chi connectivity index (χ4v) is 3.60. The average Bonchev–Trinajstić information content (AvgIpc) is 3.10. The second-order valence-electron chi connectivity index (χ2n) is 5.57. The van der Waals surface area contributed by atoms with Gasteiger partial charge in [-0.25, -0.2) is 4.79 Å². The lowest BCUT2D eigenvalue weighted by atomic mass is 10.3. The smallest absolute Gasteiger partial charge is 0.339 e. The Bertz CT molecular complexity index is 711. The van der Waals surface area contributed by atoms with Crippen molar-refractivity contribution in [2.45, 2.75) is 39.1 Å². The summed E-state index contributed by atoms with van der Waals surface area (Å²) in [6.45, 7) is 6.58. The summed E-state index contributed by atoms with van der Waals surface area (Å²) in [4.78, 5) is 28.3. The molecule has 0 aromatic carbocycles. The molecule has 0 saturated heterocycles. The maximum atomic E-state index is 12.4. The summed E-state index contributed by atoms with van der Waals surface area (Å²) >= 11 is 1.44. The Kier molecular flexibility index (Phi) is 7.24. The number of thioether (sulfide) groups is 1. The van der Waals surface area contributed by atoms with Gasteiger partial charge in [-0.2, -0.15) is 0 Å². The van der Waals surface area contributed by atoms with Gasteiger partial charge in [-0.1, -0.05) is 0 Å². The second kappa shape index (κ2) is 9.20. The molecule has 2 heterocycles. The topological polar surface area (TPSA) is 99.4 Å². The second-order valence-corrected chi connectivity index (χ2v) is 6.58. The van der Waals surface area contributed by atoms with Crippen LogP contribution in [-0.4, -0.2) is 48.9 Å². The largest absolute Gasteiger partial charge is 0.496 e. The van der Waals surface area contributed by atoms with Crippen LogP contribution in [0.15, 0.2) is 26.3 Å². The molecule has 1 unspecified atom stereocenters. The van der Waals surface area contributed by atoms with E-state index >= 15 is 0 Å². The third kappa shape index (κ3) is 5.09. The van der Waals surface area contributed by atoms with Crippen LogP contribution in [0.4, 0.5) is 0 Å². The Morgan fingerprint density at radius 2 is 2.08 bits per heavy atom. The van der Waals surface area contributed by atoms with E-state index in [-0.39, 0.29) is 12.5 Å². The van der Waals surface area contributed by atoms with Gasteiger partial charge in [-0.15, -0.1) is 11.8 Å². The van der Waals surface area contributed by atoms with Crippen LogP contribution in [-0.2, 0) is 20.8 Å². The van der Waals surface area contributed by atoms with Gasteiger partial charge in [0.1, 0.15) is 22.6 Å². The van der Waals surface area contributed by atoms with E-state index in [4.69, 9.17) is 18.6 Å². The molecule has 1 atom stereocenters. The number of rotatable bonds is 9. The molecule has 1 aliphatic rings. The van der Waals surface area contributed by atoms with E-state index in [1.54, 1.807) is 13.0 Å². The highest BCUT2D eigenvalue weighted by molar-refractivity contribution is 8.14. The number of nitrogens with zero attached hydrogens (tertiary/aromatic N) is 1. The first-order chi connectivity index (χ1) is 12.4. The minimum absolute atomic E-state index is 0.0749. The van der Waals surface area contributed by atoms with Crippen molar-refractivity contribution in [1.29, 1.82) is 0 Å². The first-order valence-corrected chi connectivity index (χ1v) is 9.35. The van der Waals surface area contributed by atoms with Crippen LogP contribution < -0.4 is 15.7 Å². The zero-order chi connectivity index (χ0) is 19.2. The van der Waals surface area contributed by atoms with Crippen molar-refractivity contribution >= 4 is 22.7 Å². The van der Waals surface area contributed by atoms with Crippen LogP contribution in [0.5, 0.6) is 5.75 Å². The number of ether oxygens (including phenoxy) is 3. The summed E-state index contributed by atoms with van der Waals surface area (Å²) in [7, 11) is 1.46. The average molecular weight is 384 g/mol. The fourth-order valence-electron chi connectivity index (χ4n) is 2.47. The van der Waals surface area contributed by atoms with E-state index in [1.807, 2.05) is 13.8 Å². The zero-order valence-electron chi connectivity index (χ0n) is 15.4. The number of amides is 1. The van der Waals surface area contributed by atoms with Gasteiger partial charge in [0.25, 0.3) is 0 Å². The standard InChI is InChI=1S/C17H24N2O6S/c1-5-23-17(3,24-6-2)16-19-13(10-26-16)15(21)18-9-12-7-11(22-4)8-14(20)25-12/h7-8,13H,5-6,9-10H2,1-4H3,(H,18,21). The summed E-state index contributed by atoms with van der Waals surface area (Å²) in [5, 5.41) is 3.37. The van der Waals surface area contributed by atoms with Gasteiger partial charge >= 0.3 is 5.63 Å². The van der Waals surface area contributed by atoms with Crippen molar-refractivity contribution in [3.63, 3.8) is 0 Å². The Balaban J connectivity index is 2.01. The van der Waals surface area contributed by atoms with Crippen LogP contribution in [0, 0.1) is 0 Å². The summed E-state index contributed by atoms with van der Waals surface area (Å²) in [6.07, 6.45) is 0. The van der Waals surface area contributed by atoms with Crippen molar-refractivity contribution in [2.75, 3.05) is 26.1 Å². The van der Waals surface area contributed by atoms with Gasteiger partial charge in [0.2, 0.25) is 11.7 Å². The van der Waals surface area contributed by atoms with Crippen molar-refractivity contribution in [2.24, 2.45) is 4.99 Å². The van der Waals surface area contributed by atoms with Gasteiger partial charge in [0.15, 0.2) is 0 Å². The Labute approximate surface area is 156 Å². The number of carbonyl (C=O) groups is 1. The summed E-state index contributed by atoms with van der Waals surface area (Å²) in [5.41, 5.74) is -0.533. The highest BCUT2D eigenvalue weighted by atomic mass is 32.2. The molecule has 144 valence electrons. The molecule has 1 N–H and O–H groups in total. The van der Waals surface area contributed by atoms with E-state index in [9.17, 15) is 9.59 Å². The number of aliphatic imine (C=N–C) groups is 1. The number of hydrogen-bond acceptors (Lipinski definition) is 8. The van der Waals surface area contributed by atoms with E-state index in [1.165, 1.54) is 24.9 Å². The van der Waals surface area contributed by atoms with Crippen LogP contribution in [0.3, 0.4) is 0 Å². The molecule has 2 rings (SSSR count). The molecule has 0 spiro atoms. The third-order valence-corrected chi connectivity index (χ3v) is 4.88. The van der Waals surface area contributed by atoms with Crippen molar-refractivity contribution in [3.05, 3.63) is 28.3 Å². The Hall–Kier alpha value is -1.84. The molecule has 26 heavy (non-hydrogen) atoms. The highest BCUT2D eigenvalue weighted by Gasteiger charge is 2.38. The Morgan fingerprint density at radius 1 is 1.38 bits per heavy atom. The number of carbonyl (C=O) groups excluding carboxylic acids is 1. The summed E-state index contributed by atoms with van der Waals surface area (Å²) in [6, 6.07) is 2.24. The van der Waals surface area contributed by atoms with Gasteiger partial charge in [0, 0.05) is 25.0 Å². The summed E-state index contributed by atoms with van der Waals surface area (Å²) in [5.74, 6) is -0.00682. The number of nitrogens with one attached hydrogen (secondary N) is 1. The predicted octanol–water partition coefficient (Wildman–Crippen LogP) is 1.57. The zero-order valence-corrected chi connectivity index (χ0v) is 16.2. The lowest BCUT2D eigenvalue weighted by Crippen LogP contribution is -2.39. The normalized spacial score (nSPS) is 17.1. The quantitative estimate of drug-likeness (QED) is 0.645. The van der Waals surface area contributed by atoms with Crippen LogP contribution in [0.1, 0.15) is 26.5 Å². The lowest BCUT2D eigenvalue weighted by Gasteiger charge is -2.28. The molecule has 1 amide bonds. The van der Waals surface area contributed by atoms with Crippen molar-refractivity contribution in [3.8, 4) is 5.75 Å². The van der Waals surface area contributed by atoms with E-state index in [0.717, 1.165) is 0 Å². The molecule has 0 bridgehead atoms. The summed E-state index contributed by atoms with van der Waals surface area (Å²) < 4.78 is 21.4. The monoisotopic (exact) mass is 384 g/mol. The minimum atomic E-state index is -0.942. The van der Waals surface area contributed by atoms with Crippen LogP contribution in [0.2, 0.25) is 0 Å². The predicted molar refractivity (Wildman–Crippen MR) is 98.7 cm³/mol. The SMILES string of the molecule is CCOC(C)(OCC)C1=NC(C(=O)NCc2cc(OC)cc(=O)o2)CS1. The molecular formula is C17H24N2O6S. The minimum Gasteiger partial charge on any atom is -0.496 e. The molecule has 9 heteroatoms. The maximum absolute atomic E-state index is 12.4. The van der Waals surface area contributed by atoms with Crippen LogP contribution >= 0.6 is 11.8 Å². The maximum Gasteiger partial charge on any atom is 0.339 e. The third-order valence-electron chi connectivity index (χ3n) is 3.65. The first kappa shape index (κ1) is 20.5. The molecule has 1 aliphatic heterocycles. The molecule has 1 aromatic heterocycles. The molecule has 8 nitrogen and oxygen atoms in total. The first-order valence-electron chi connectivity index (χ1n) is 8.36. The van der Waals surface area contributed by atoms with Gasteiger partial charge in [-0.05, 0) is 20.8 Å². The number of methoxy groups -OCH3 is 1. The highest BCUT2D eigenvalue weighted by Crippen LogP contribution is 2.29.